The van der Waals surface area contributed by atoms with Crippen LogP contribution < -0.4 is 16.4 Å². The summed E-state index contributed by atoms with van der Waals surface area (Å²) in [5, 5.41) is 18.1. The lowest BCUT2D eigenvalue weighted by atomic mass is 9.44. The van der Waals surface area contributed by atoms with Crippen molar-refractivity contribution in [1.29, 1.82) is 0 Å². The highest BCUT2D eigenvalue weighted by Crippen LogP contribution is 2.68. The first kappa shape index (κ1) is 35.6. The van der Waals surface area contributed by atoms with E-state index in [0.29, 0.717) is 35.1 Å². The predicted molar refractivity (Wildman–Crippen MR) is 174 cm³/mol. The Hall–Kier alpha value is -0.290. The number of aliphatic hydroxyl groups excluding tert-OH is 1. The van der Waals surface area contributed by atoms with Crippen molar-refractivity contribution in [2.75, 3.05) is 32.8 Å². The summed E-state index contributed by atoms with van der Waals surface area (Å²) < 4.78 is 35.2. The van der Waals surface area contributed by atoms with Gasteiger partial charge in [0.2, 0.25) is 0 Å². The molecule has 0 heterocycles. The molecule has 0 aromatic rings. The summed E-state index contributed by atoms with van der Waals surface area (Å²) in [4.78, 5) is 0. The van der Waals surface area contributed by atoms with Crippen LogP contribution in [-0.4, -0.2) is 63.0 Å². The maximum absolute atomic E-state index is 10.9. The van der Waals surface area contributed by atoms with Gasteiger partial charge in [-0.1, -0.05) is 27.7 Å². The summed E-state index contributed by atoms with van der Waals surface area (Å²) in [5.74, 6) is 4.32. The van der Waals surface area contributed by atoms with E-state index in [1.165, 1.54) is 70.6 Å². The van der Waals surface area contributed by atoms with Crippen molar-refractivity contribution >= 4 is 10.4 Å². The Morgan fingerprint density at radius 1 is 0.907 bits per heavy atom. The van der Waals surface area contributed by atoms with E-state index in [9.17, 15) is 13.5 Å². The molecule has 0 spiro atoms. The van der Waals surface area contributed by atoms with E-state index >= 15 is 0 Å². The quantitative estimate of drug-likeness (QED) is 0.105. The molecule has 252 valence electrons. The van der Waals surface area contributed by atoms with Gasteiger partial charge < -0.3 is 21.5 Å². The molecule has 4 aliphatic rings. The average Bonchev–Trinajstić information content (AvgIpc) is 3.32. The molecule has 11 atom stereocenters. The van der Waals surface area contributed by atoms with Crippen LogP contribution in [0.25, 0.3) is 0 Å². The summed E-state index contributed by atoms with van der Waals surface area (Å²) in [6, 6.07) is 0.690. The van der Waals surface area contributed by atoms with Crippen molar-refractivity contribution in [3.8, 4) is 0 Å². The van der Waals surface area contributed by atoms with Gasteiger partial charge in [0, 0.05) is 12.0 Å². The summed E-state index contributed by atoms with van der Waals surface area (Å²) >= 11 is 0. The van der Waals surface area contributed by atoms with Crippen molar-refractivity contribution in [1.82, 2.24) is 10.6 Å². The molecular weight excluding hydrogens is 562 g/mol. The van der Waals surface area contributed by atoms with Crippen LogP contribution in [0.1, 0.15) is 118 Å². The fraction of sp³-hybridized carbons (Fsp3) is 1.00. The maximum Gasteiger partial charge on any atom is 0.397 e. The van der Waals surface area contributed by atoms with Gasteiger partial charge in [-0.2, -0.15) is 8.42 Å². The van der Waals surface area contributed by atoms with Crippen LogP contribution in [0.3, 0.4) is 0 Å². The van der Waals surface area contributed by atoms with Gasteiger partial charge in [-0.3, -0.25) is 4.55 Å². The minimum absolute atomic E-state index is 0.190. The second-order valence-corrected chi connectivity index (χ2v) is 16.8. The van der Waals surface area contributed by atoms with Crippen LogP contribution in [0, 0.1) is 52.3 Å². The second-order valence-electron chi connectivity index (χ2n) is 15.7. The number of hydrogen-bond donors (Lipinski definition) is 5. The first-order valence-corrected chi connectivity index (χ1v) is 19.2. The van der Waals surface area contributed by atoms with Gasteiger partial charge in [-0.25, -0.2) is 4.18 Å². The zero-order chi connectivity index (χ0) is 31.3. The SMILES string of the molecule is CC(COS(=O)(=O)O)C(O)CCC(C)C1CCC2C3CCC4CC(NCCCNCCCCN)CCC4(C)C3CCC12C. The van der Waals surface area contributed by atoms with Crippen molar-refractivity contribution in [3.05, 3.63) is 0 Å². The van der Waals surface area contributed by atoms with Gasteiger partial charge >= 0.3 is 10.4 Å². The fourth-order valence-electron chi connectivity index (χ4n) is 10.7. The van der Waals surface area contributed by atoms with Gasteiger partial charge in [0.1, 0.15) is 0 Å². The number of fused-ring (bicyclic) bond motifs is 5. The Labute approximate surface area is 263 Å². The molecule has 0 aromatic carbocycles. The second kappa shape index (κ2) is 15.5. The molecule has 8 nitrogen and oxygen atoms in total. The molecule has 0 amide bonds. The minimum Gasteiger partial charge on any atom is -0.393 e. The van der Waals surface area contributed by atoms with E-state index < -0.39 is 16.5 Å². The Kier molecular flexibility index (Phi) is 12.8. The molecule has 6 N–H and O–H groups in total. The van der Waals surface area contributed by atoms with Crippen LogP contribution in [0.4, 0.5) is 0 Å². The van der Waals surface area contributed by atoms with Gasteiger partial charge in [-0.15, -0.1) is 0 Å². The van der Waals surface area contributed by atoms with Crippen LogP contribution in [-0.2, 0) is 14.6 Å². The van der Waals surface area contributed by atoms with Crippen LogP contribution in [0.15, 0.2) is 0 Å². The first-order chi connectivity index (χ1) is 20.4. The minimum atomic E-state index is -4.47. The van der Waals surface area contributed by atoms with Crippen molar-refractivity contribution in [3.63, 3.8) is 0 Å². The van der Waals surface area contributed by atoms with Gasteiger partial charge in [-0.05, 0) is 162 Å². The number of rotatable bonds is 17. The highest BCUT2D eigenvalue weighted by molar-refractivity contribution is 7.80. The van der Waals surface area contributed by atoms with E-state index in [0.717, 1.165) is 62.7 Å². The van der Waals surface area contributed by atoms with Gasteiger partial charge in [0.15, 0.2) is 0 Å². The molecule has 4 fully saturated rings. The molecular formula is C34H65N3O5S. The fourth-order valence-corrected chi connectivity index (χ4v) is 11.1. The van der Waals surface area contributed by atoms with E-state index in [1.807, 2.05) is 0 Å². The molecule has 4 rings (SSSR count). The molecule has 11 unspecified atom stereocenters. The van der Waals surface area contributed by atoms with E-state index in [1.54, 1.807) is 6.92 Å². The predicted octanol–water partition coefficient (Wildman–Crippen LogP) is 5.55. The normalized spacial score (nSPS) is 38.1. The van der Waals surface area contributed by atoms with Crippen LogP contribution >= 0.6 is 0 Å². The summed E-state index contributed by atoms with van der Waals surface area (Å²) in [7, 11) is -4.47. The molecule has 4 aliphatic carbocycles. The molecule has 0 aromatic heterocycles. The third-order valence-electron chi connectivity index (χ3n) is 13.3. The summed E-state index contributed by atoms with van der Waals surface area (Å²) in [6.45, 7) is 13.3. The number of nitrogens with one attached hydrogen (secondary N) is 2. The first-order valence-electron chi connectivity index (χ1n) is 17.8. The lowest BCUT2D eigenvalue weighted by molar-refractivity contribution is -0.118. The van der Waals surface area contributed by atoms with Crippen molar-refractivity contribution in [2.45, 2.75) is 130 Å². The summed E-state index contributed by atoms with van der Waals surface area (Å²) in [6.07, 6.45) is 16.7. The van der Waals surface area contributed by atoms with Crippen LogP contribution in [0.2, 0.25) is 0 Å². The molecule has 9 heteroatoms. The van der Waals surface area contributed by atoms with Gasteiger partial charge in [0.25, 0.3) is 0 Å². The van der Waals surface area contributed by atoms with E-state index in [-0.39, 0.29) is 12.5 Å². The third-order valence-corrected chi connectivity index (χ3v) is 13.7. The number of nitrogens with two attached hydrogens (primary N) is 1. The highest BCUT2D eigenvalue weighted by Gasteiger charge is 2.60. The van der Waals surface area contributed by atoms with Crippen LogP contribution in [0.5, 0.6) is 0 Å². The van der Waals surface area contributed by atoms with Crippen molar-refractivity contribution < 1.29 is 22.3 Å². The topological polar surface area (TPSA) is 134 Å². The number of unbranched alkanes of at least 4 members (excludes halogenated alkanes) is 1. The number of hydrogen-bond acceptors (Lipinski definition) is 7. The van der Waals surface area contributed by atoms with Gasteiger partial charge in [0.05, 0.1) is 12.7 Å². The standard InChI is InChI=1S/C34H65N3O5S/c1-24(8-13-32(38)25(2)23-42-43(39,40)41)29-11-12-30-28-10-9-26-22-27(37-21-7-20-36-19-6-5-18-35)14-16-33(26,3)31(28)15-17-34(29,30)4/h24-32,36-38H,5-23,35H2,1-4H3,(H,39,40,41). The zero-order valence-electron chi connectivity index (χ0n) is 27.7. The van der Waals surface area contributed by atoms with Crippen molar-refractivity contribution in [2.24, 2.45) is 58.0 Å². The molecule has 0 aliphatic heterocycles. The Morgan fingerprint density at radius 2 is 1.63 bits per heavy atom. The average molecular weight is 628 g/mol. The lowest BCUT2D eigenvalue weighted by Crippen LogP contribution is -2.55. The highest BCUT2D eigenvalue weighted by atomic mass is 32.3. The molecule has 43 heavy (non-hydrogen) atoms. The Morgan fingerprint density at radius 3 is 2.37 bits per heavy atom. The molecule has 0 radical (unpaired) electrons. The Bertz CT molecular complexity index is 968. The lowest BCUT2D eigenvalue weighted by Gasteiger charge is -2.61. The molecule has 0 saturated heterocycles. The Balaban J connectivity index is 1.24. The third kappa shape index (κ3) is 8.75. The monoisotopic (exact) mass is 627 g/mol. The molecule has 0 bridgehead atoms. The maximum atomic E-state index is 10.9. The molecule has 4 saturated carbocycles. The largest absolute Gasteiger partial charge is 0.397 e. The number of aliphatic hydroxyl groups is 1. The summed E-state index contributed by atoms with van der Waals surface area (Å²) in [5.41, 5.74) is 6.48. The zero-order valence-corrected chi connectivity index (χ0v) is 28.6. The van der Waals surface area contributed by atoms with E-state index in [2.05, 4.69) is 35.6 Å². The van der Waals surface area contributed by atoms with E-state index in [4.69, 9.17) is 10.3 Å². The smallest absolute Gasteiger partial charge is 0.393 e.